The predicted molar refractivity (Wildman–Crippen MR) is 130 cm³/mol. The third kappa shape index (κ3) is 4.43. The molecule has 0 bridgehead atoms. The Balaban J connectivity index is 1.45. The molecule has 1 saturated heterocycles. The molecule has 1 fully saturated rings. The van der Waals surface area contributed by atoms with Gasteiger partial charge in [0, 0.05) is 17.0 Å². The van der Waals surface area contributed by atoms with Gasteiger partial charge in [-0.15, -0.1) is 21.5 Å². The lowest BCUT2D eigenvalue weighted by Gasteiger charge is -2.23. The van der Waals surface area contributed by atoms with Crippen molar-refractivity contribution in [3.8, 4) is 17.1 Å². The first-order valence-corrected chi connectivity index (χ1v) is 12.8. The molecule has 2 aromatic carbocycles. The molecule has 9 heteroatoms. The maximum Gasteiger partial charge on any atom is 0.233 e. The van der Waals surface area contributed by atoms with E-state index in [9.17, 15) is 9.18 Å². The summed E-state index contributed by atoms with van der Waals surface area (Å²) in [5.41, 5.74) is 0.954. The summed E-state index contributed by atoms with van der Waals surface area (Å²) in [6.45, 7) is 0.743. The lowest BCUT2D eigenvalue weighted by atomic mass is 10.2. The zero-order valence-corrected chi connectivity index (χ0v) is 19.9. The molecule has 3 heterocycles. The minimum absolute atomic E-state index is 0.0401. The molecule has 1 atom stereocenters. The molecular weight excluding hydrogens is 479 g/mol. The Kier molecular flexibility index (Phi) is 6.48. The molecule has 0 N–H and O–H groups in total. The van der Waals surface area contributed by atoms with Crippen LogP contribution >= 0.6 is 34.7 Å². The van der Waals surface area contributed by atoms with Gasteiger partial charge < -0.3 is 4.90 Å². The summed E-state index contributed by atoms with van der Waals surface area (Å²) in [5, 5.41) is 11.6. The highest BCUT2D eigenvalue weighted by Gasteiger charge is 2.31. The van der Waals surface area contributed by atoms with E-state index in [4.69, 9.17) is 11.6 Å². The van der Waals surface area contributed by atoms with Crippen LogP contribution < -0.4 is 0 Å². The van der Waals surface area contributed by atoms with E-state index in [1.54, 1.807) is 40.2 Å². The van der Waals surface area contributed by atoms with E-state index in [1.165, 1.54) is 22.7 Å². The van der Waals surface area contributed by atoms with Gasteiger partial charge in [-0.2, -0.15) is 0 Å². The van der Waals surface area contributed by atoms with Crippen molar-refractivity contribution in [1.29, 1.82) is 0 Å². The number of para-hydroxylation sites is 1. The number of thiophene rings is 1. The lowest BCUT2D eigenvalue weighted by Crippen LogP contribution is -2.31. The Morgan fingerprint density at radius 2 is 1.94 bits per heavy atom. The smallest absolute Gasteiger partial charge is 0.233 e. The molecule has 33 heavy (non-hydrogen) atoms. The van der Waals surface area contributed by atoms with Gasteiger partial charge in [0.15, 0.2) is 11.0 Å². The number of carbonyl (C=O) groups excluding carboxylic acids is 1. The second kappa shape index (κ2) is 9.67. The topological polar surface area (TPSA) is 51.0 Å². The zero-order chi connectivity index (χ0) is 22.8. The summed E-state index contributed by atoms with van der Waals surface area (Å²) in [6.07, 6.45) is 1.96. The van der Waals surface area contributed by atoms with Crippen molar-refractivity contribution in [3.05, 3.63) is 81.8 Å². The Morgan fingerprint density at radius 1 is 1.12 bits per heavy atom. The number of carbonyl (C=O) groups is 1. The Labute approximate surface area is 204 Å². The fourth-order valence-corrected chi connectivity index (χ4v) is 6.01. The Bertz CT molecular complexity index is 1280. The van der Waals surface area contributed by atoms with Crippen molar-refractivity contribution >= 4 is 40.6 Å². The molecule has 1 unspecified atom stereocenters. The minimum Gasteiger partial charge on any atom is -0.334 e. The van der Waals surface area contributed by atoms with E-state index in [2.05, 4.69) is 16.3 Å². The second-order valence-electron chi connectivity index (χ2n) is 7.62. The average molecular weight is 499 g/mol. The van der Waals surface area contributed by atoms with E-state index < -0.39 is 5.82 Å². The van der Waals surface area contributed by atoms with Crippen LogP contribution in [0.4, 0.5) is 4.39 Å². The highest BCUT2D eigenvalue weighted by molar-refractivity contribution is 7.99. The van der Waals surface area contributed by atoms with E-state index in [-0.39, 0.29) is 17.7 Å². The Hall–Kier alpha value is -2.68. The third-order valence-corrected chi connectivity index (χ3v) is 7.83. The van der Waals surface area contributed by atoms with Gasteiger partial charge in [-0.3, -0.25) is 9.36 Å². The van der Waals surface area contributed by atoms with E-state index in [1.807, 2.05) is 34.5 Å². The molecule has 5 rings (SSSR count). The fourth-order valence-electron chi connectivity index (χ4n) is 4.08. The zero-order valence-electron chi connectivity index (χ0n) is 17.5. The van der Waals surface area contributed by atoms with E-state index in [0.29, 0.717) is 27.3 Å². The standard InChI is InChI=1S/C24H20ClFN4OS2/c25-17-8-2-1-7-16(17)23-27-28-24(30(23)19-10-4-3-9-18(19)26)33-15-22(31)29-13-5-11-20(29)21-12-6-14-32-21/h1-4,6-10,12,14,20H,5,11,13,15H2. The van der Waals surface area contributed by atoms with Crippen molar-refractivity contribution in [2.24, 2.45) is 0 Å². The number of amides is 1. The van der Waals surface area contributed by atoms with Crippen LogP contribution in [0.25, 0.3) is 17.1 Å². The van der Waals surface area contributed by atoms with Crippen molar-refractivity contribution in [2.45, 2.75) is 24.0 Å². The van der Waals surface area contributed by atoms with Gasteiger partial charge in [-0.25, -0.2) is 4.39 Å². The number of benzene rings is 2. The molecule has 0 aliphatic carbocycles. The van der Waals surface area contributed by atoms with Gasteiger partial charge in [0.05, 0.1) is 22.5 Å². The van der Waals surface area contributed by atoms with Crippen molar-refractivity contribution in [2.75, 3.05) is 12.3 Å². The molecular formula is C24H20ClFN4OS2. The number of hydrogen-bond acceptors (Lipinski definition) is 5. The van der Waals surface area contributed by atoms with Crippen LogP contribution in [-0.2, 0) is 4.79 Å². The van der Waals surface area contributed by atoms with Crippen LogP contribution in [0, 0.1) is 5.82 Å². The van der Waals surface area contributed by atoms with Crippen molar-refractivity contribution in [1.82, 2.24) is 19.7 Å². The normalized spacial score (nSPS) is 15.8. The molecule has 0 saturated carbocycles. The Morgan fingerprint density at radius 3 is 2.73 bits per heavy atom. The van der Waals surface area contributed by atoms with Crippen LogP contribution in [-0.4, -0.2) is 37.9 Å². The van der Waals surface area contributed by atoms with Crippen LogP contribution in [0.5, 0.6) is 0 Å². The quantitative estimate of drug-likeness (QED) is 0.295. The largest absolute Gasteiger partial charge is 0.334 e. The molecule has 1 aliphatic rings. The van der Waals surface area contributed by atoms with Crippen LogP contribution in [0.2, 0.25) is 5.02 Å². The first kappa shape index (κ1) is 22.1. The molecule has 168 valence electrons. The predicted octanol–water partition coefficient (Wildman–Crippen LogP) is 6.24. The number of likely N-dealkylation sites (tertiary alicyclic amines) is 1. The summed E-state index contributed by atoms with van der Waals surface area (Å²) >= 11 is 9.34. The van der Waals surface area contributed by atoms with Gasteiger partial charge >= 0.3 is 0 Å². The minimum atomic E-state index is -0.406. The highest BCUT2D eigenvalue weighted by atomic mass is 35.5. The fraction of sp³-hybridized carbons (Fsp3) is 0.208. The van der Waals surface area contributed by atoms with Gasteiger partial charge in [0.25, 0.3) is 0 Å². The highest BCUT2D eigenvalue weighted by Crippen LogP contribution is 2.36. The number of halogens is 2. The van der Waals surface area contributed by atoms with Crippen LogP contribution in [0.3, 0.4) is 0 Å². The van der Waals surface area contributed by atoms with E-state index >= 15 is 0 Å². The van der Waals surface area contributed by atoms with Crippen molar-refractivity contribution in [3.63, 3.8) is 0 Å². The monoisotopic (exact) mass is 498 g/mol. The van der Waals surface area contributed by atoms with E-state index in [0.717, 1.165) is 19.4 Å². The van der Waals surface area contributed by atoms with Crippen LogP contribution in [0.15, 0.2) is 71.2 Å². The maximum absolute atomic E-state index is 14.8. The molecule has 2 aromatic heterocycles. The first-order valence-electron chi connectivity index (χ1n) is 10.5. The lowest BCUT2D eigenvalue weighted by molar-refractivity contribution is -0.129. The summed E-state index contributed by atoms with van der Waals surface area (Å²) in [5.74, 6) is 0.254. The van der Waals surface area contributed by atoms with Gasteiger partial charge in [-0.1, -0.05) is 53.7 Å². The summed E-state index contributed by atoms with van der Waals surface area (Å²) in [4.78, 5) is 16.3. The number of nitrogens with zero attached hydrogens (tertiary/aromatic N) is 4. The number of thioether (sulfide) groups is 1. The summed E-state index contributed by atoms with van der Waals surface area (Å²) in [7, 11) is 0. The first-order chi connectivity index (χ1) is 16.1. The molecule has 5 nitrogen and oxygen atoms in total. The molecule has 4 aromatic rings. The SMILES string of the molecule is O=C(CSc1nnc(-c2ccccc2Cl)n1-c1ccccc1F)N1CCCC1c1cccs1. The molecule has 1 amide bonds. The van der Waals surface area contributed by atoms with Gasteiger partial charge in [0.1, 0.15) is 5.82 Å². The van der Waals surface area contributed by atoms with Gasteiger partial charge in [0.2, 0.25) is 5.91 Å². The number of rotatable bonds is 6. The summed E-state index contributed by atoms with van der Waals surface area (Å²) in [6, 6.07) is 17.9. The maximum atomic E-state index is 14.8. The van der Waals surface area contributed by atoms with Gasteiger partial charge in [-0.05, 0) is 48.6 Å². The molecule has 0 spiro atoms. The number of aromatic nitrogens is 3. The second-order valence-corrected chi connectivity index (χ2v) is 9.95. The average Bonchev–Trinajstić information content (AvgIpc) is 3.58. The summed E-state index contributed by atoms with van der Waals surface area (Å²) < 4.78 is 16.4. The van der Waals surface area contributed by atoms with Crippen LogP contribution in [0.1, 0.15) is 23.8 Å². The van der Waals surface area contributed by atoms with Crippen molar-refractivity contribution < 1.29 is 9.18 Å². The number of hydrogen-bond donors (Lipinski definition) is 0. The third-order valence-electron chi connectivity index (χ3n) is 5.61. The molecule has 1 aliphatic heterocycles. The molecule has 0 radical (unpaired) electrons.